The van der Waals surface area contributed by atoms with Crippen molar-refractivity contribution in [3.8, 4) is 5.75 Å². The fourth-order valence-corrected chi connectivity index (χ4v) is 2.52. The number of para-hydroxylation sites is 1. The van der Waals surface area contributed by atoms with E-state index in [4.69, 9.17) is 16.3 Å². The zero-order valence-corrected chi connectivity index (χ0v) is 14.7. The maximum atomic E-state index is 12.1. The van der Waals surface area contributed by atoms with Gasteiger partial charge in [0, 0.05) is 27.7 Å². The predicted molar refractivity (Wildman–Crippen MR) is 100 cm³/mol. The average molecular weight is 356 g/mol. The van der Waals surface area contributed by atoms with Gasteiger partial charge in [0.05, 0.1) is 6.21 Å². The van der Waals surface area contributed by atoms with Crippen LogP contribution in [0.3, 0.4) is 0 Å². The van der Waals surface area contributed by atoms with Crippen molar-refractivity contribution in [3.63, 3.8) is 0 Å². The third-order valence-electron chi connectivity index (χ3n) is 3.81. The number of rotatable bonds is 5. The Bertz CT molecular complexity index is 933. The number of carbonyl (C=O) groups is 1. The highest BCUT2D eigenvalue weighted by molar-refractivity contribution is 6.31. The highest BCUT2D eigenvalue weighted by Crippen LogP contribution is 2.22. The molecule has 6 heteroatoms. The van der Waals surface area contributed by atoms with Gasteiger partial charge in [-0.1, -0.05) is 29.8 Å². The van der Waals surface area contributed by atoms with E-state index in [9.17, 15) is 4.79 Å². The third-order valence-corrected chi connectivity index (χ3v) is 4.24. The molecule has 0 bridgehead atoms. The number of hydrazone groups is 1. The van der Waals surface area contributed by atoms with Crippen molar-refractivity contribution in [1.82, 2.24) is 10.4 Å². The van der Waals surface area contributed by atoms with Gasteiger partial charge in [-0.3, -0.25) is 4.79 Å². The van der Waals surface area contributed by atoms with Crippen molar-refractivity contribution in [2.45, 2.75) is 20.0 Å². The van der Waals surface area contributed by atoms with Crippen LogP contribution in [0.5, 0.6) is 5.75 Å². The third kappa shape index (κ3) is 4.00. The molecule has 1 heterocycles. The first-order valence-electron chi connectivity index (χ1n) is 7.86. The van der Waals surface area contributed by atoms with Gasteiger partial charge in [-0.15, -0.1) is 0 Å². The minimum atomic E-state index is -0.680. The summed E-state index contributed by atoms with van der Waals surface area (Å²) in [6.45, 7) is 3.55. The largest absolute Gasteiger partial charge is 0.481 e. The van der Waals surface area contributed by atoms with E-state index in [1.807, 2.05) is 37.4 Å². The van der Waals surface area contributed by atoms with E-state index in [1.54, 1.807) is 31.3 Å². The molecule has 0 aliphatic carbocycles. The molecular weight excluding hydrogens is 338 g/mol. The Morgan fingerprint density at radius 1 is 1.32 bits per heavy atom. The molecule has 1 amide bonds. The number of ether oxygens (including phenoxy) is 1. The first-order chi connectivity index (χ1) is 12.0. The average Bonchev–Trinajstić information content (AvgIpc) is 3.01. The van der Waals surface area contributed by atoms with Crippen molar-refractivity contribution in [2.24, 2.45) is 5.10 Å². The molecule has 25 heavy (non-hydrogen) atoms. The van der Waals surface area contributed by atoms with E-state index in [0.717, 1.165) is 22.0 Å². The number of nitrogens with one attached hydrogen (secondary N) is 2. The zero-order valence-electron chi connectivity index (χ0n) is 13.9. The van der Waals surface area contributed by atoms with Crippen molar-refractivity contribution in [3.05, 3.63) is 64.8 Å². The van der Waals surface area contributed by atoms with Crippen LogP contribution in [0.25, 0.3) is 10.9 Å². The van der Waals surface area contributed by atoms with Crippen LogP contribution >= 0.6 is 11.6 Å². The molecule has 3 aromatic rings. The Kier molecular flexibility index (Phi) is 5.05. The second-order valence-electron chi connectivity index (χ2n) is 5.69. The summed E-state index contributed by atoms with van der Waals surface area (Å²) in [4.78, 5) is 15.3. The van der Waals surface area contributed by atoms with E-state index >= 15 is 0 Å². The molecule has 0 saturated heterocycles. The minimum absolute atomic E-state index is 0.330. The lowest BCUT2D eigenvalue weighted by molar-refractivity contribution is -0.127. The highest BCUT2D eigenvalue weighted by atomic mass is 35.5. The van der Waals surface area contributed by atoms with Gasteiger partial charge in [0.1, 0.15) is 5.75 Å². The van der Waals surface area contributed by atoms with Gasteiger partial charge in [-0.05, 0) is 43.7 Å². The highest BCUT2D eigenvalue weighted by Gasteiger charge is 2.14. The number of aromatic nitrogens is 1. The number of aryl methyl sites for hydroxylation is 1. The van der Waals surface area contributed by atoms with Crippen molar-refractivity contribution < 1.29 is 9.53 Å². The van der Waals surface area contributed by atoms with Crippen molar-refractivity contribution >= 4 is 34.6 Å². The number of fused-ring (bicyclic) bond motifs is 1. The van der Waals surface area contributed by atoms with Crippen LogP contribution in [0.1, 0.15) is 18.1 Å². The number of benzene rings is 2. The molecule has 0 fully saturated rings. The van der Waals surface area contributed by atoms with Crippen molar-refractivity contribution in [1.29, 1.82) is 0 Å². The molecule has 128 valence electrons. The molecule has 0 saturated carbocycles. The molecule has 0 radical (unpaired) electrons. The van der Waals surface area contributed by atoms with Crippen LogP contribution < -0.4 is 10.2 Å². The lowest BCUT2D eigenvalue weighted by Gasteiger charge is -2.13. The number of H-pyrrole nitrogens is 1. The monoisotopic (exact) mass is 355 g/mol. The molecule has 1 atom stereocenters. The first kappa shape index (κ1) is 17.0. The lowest BCUT2D eigenvalue weighted by atomic mass is 10.2. The van der Waals surface area contributed by atoms with Crippen LogP contribution in [-0.4, -0.2) is 23.2 Å². The van der Waals surface area contributed by atoms with Gasteiger partial charge in [0.2, 0.25) is 0 Å². The van der Waals surface area contributed by atoms with Gasteiger partial charge < -0.3 is 9.72 Å². The molecule has 5 nitrogen and oxygen atoms in total. The van der Waals surface area contributed by atoms with Gasteiger partial charge in [-0.25, -0.2) is 5.43 Å². The van der Waals surface area contributed by atoms with Gasteiger partial charge in [0.25, 0.3) is 5.91 Å². The molecule has 2 N–H and O–H groups in total. The number of halogens is 1. The number of nitrogens with zero attached hydrogens (tertiary/aromatic N) is 1. The van der Waals surface area contributed by atoms with Crippen LogP contribution in [0, 0.1) is 6.92 Å². The summed E-state index contributed by atoms with van der Waals surface area (Å²) < 4.78 is 5.62. The summed E-state index contributed by atoms with van der Waals surface area (Å²) in [5, 5.41) is 5.72. The van der Waals surface area contributed by atoms with E-state index in [0.29, 0.717) is 10.8 Å². The summed E-state index contributed by atoms with van der Waals surface area (Å²) in [5.74, 6) is 0.258. The number of hydrogen-bond donors (Lipinski definition) is 2. The van der Waals surface area contributed by atoms with E-state index in [2.05, 4.69) is 15.5 Å². The van der Waals surface area contributed by atoms with Crippen LogP contribution in [0.15, 0.2) is 53.8 Å². The molecular formula is C19H18ClN3O2. The minimum Gasteiger partial charge on any atom is -0.481 e. The Morgan fingerprint density at radius 3 is 2.92 bits per heavy atom. The lowest BCUT2D eigenvalue weighted by Crippen LogP contribution is -2.33. The smallest absolute Gasteiger partial charge is 0.280 e. The second kappa shape index (κ2) is 7.40. The summed E-state index contributed by atoms with van der Waals surface area (Å²) >= 11 is 5.98. The maximum absolute atomic E-state index is 12.1. The number of carbonyl (C=O) groups excluding carboxylic acids is 1. The topological polar surface area (TPSA) is 66.5 Å². The molecule has 1 aromatic heterocycles. The Morgan fingerprint density at radius 2 is 2.12 bits per heavy atom. The van der Waals surface area contributed by atoms with Gasteiger partial charge in [0.15, 0.2) is 6.10 Å². The molecule has 3 rings (SSSR count). The van der Waals surface area contributed by atoms with Crippen LogP contribution in [0.2, 0.25) is 5.02 Å². The van der Waals surface area contributed by atoms with Crippen molar-refractivity contribution in [2.75, 3.05) is 0 Å². The number of hydrogen-bond acceptors (Lipinski definition) is 3. The fraction of sp³-hybridized carbons (Fsp3) is 0.158. The van der Waals surface area contributed by atoms with Gasteiger partial charge >= 0.3 is 0 Å². The van der Waals surface area contributed by atoms with E-state index in [-0.39, 0.29) is 5.91 Å². The number of amides is 1. The molecule has 0 aliphatic rings. The predicted octanol–water partition coefficient (Wildman–Crippen LogP) is 4.05. The Hall–Kier alpha value is -2.79. The molecule has 0 spiro atoms. The maximum Gasteiger partial charge on any atom is 0.280 e. The summed E-state index contributed by atoms with van der Waals surface area (Å²) in [7, 11) is 0. The Balaban J connectivity index is 1.60. The molecule has 0 unspecified atom stereocenters. The molecule has 2 aromatic carbocycles. The van der Waals surface area contributed by atoms with E-state index in [1.165, 1.54) is 0 Å². The molecule has 0 aliphatic heterocycles. The summed E-state index contributed by atoms with van der Waals surface area (Å²) in [5.41, 5.74) is 5.31. The summed E-state index contributed by atoms with van der Waals surface area (Å²) in [6.07, 6.45) is 2.77. The second-order valence-corrected chi connectivity index (χ2v) is 6.10. The Labute approximate surface area is 150 Å². The standard InChI is InChI=1S/C19H18ClN3O2/c1-12-9-15(7-8-17(12)20)25-13(2)19(24)23-22-11-14-10-21-18-6-4-3-5-16(14)18/h3-11,13,21H,1-2H3,(H,23,24)/b22-11-/t13-/m0/s1. The number of aromatic amines is 1. The van der Waals surface area contributed by atoms with E-state index < -0.39 is 6.10 Å². The van der Waals surface area contributed by atoms with Crippen LogP contribution in [0.4, 0.5) is 0 Å². The zero-order chi connectivity index (χ0) is 17.8. The van der Waals surface area contributed by atoms with Gasteiger partial charge in [-0.2, -0.15) is 5.10 Å². The van der Waals surface area contributed by atoms with Crippen LogP contribution in [-0.2, 0) is 4.79 Å². The first-order valence-corrected chi connectivity index (χ1v) is 8.24. The quantitative estimate of drug-likeness (QED) is 0.535. The SMILES string of the molecule is Cc1cc(O[C@@H](C)C(=O)N/N=C\c2c[nH]c3ccccc23)ccc1Cl. The summed E-state index contributed by atoms with van der Waals surface area (Å²) in [6, 6.07) is 13.1. The fourth-order valence-electron chi connectivity index (χ4n) is 2.41. The normalized spacial score (nSPS) is 12.4.